The summed E-state index contributed by atoms with van der Waals surface area (Å²) in [6.45, 7) is 7.04. The Labute approximate surface area is 87.7 Å². The normalized spacial score (nSPS) is 11.3. The average molecular weight is 232 g/mol. The zero-order valence-corrected chi connectivity index (χ0v) is 9.70. The molecule has 1 aromatic heterocycles. The maximum absolute atomic E-state index is 11.4. The van der Waals surface area contributed by atoms with Crippen molar-refractivity contribution in [1.82, 2.24) is 4.98 Å². The van der Waals surface area contributed by atoms with E-state index in [0.717, 1.165) is 5.69 Å². The van der Waals surface area contributed by atoms with Gasteiger partial charge in [-0.15, -0.1) is 11.3 Å². The highest BCUT2D eigenvalue weighted by molar-refractivity contribution is 7.93. The number of thiazole rings is 1. The second-order valence-corrected chi connectivity index (χ2v) is 5.69. The first-order chi connectivity index (χ1) is 6.39. The molecule has 0 fully saturated rings. The van der Waals surface area contributed by atoms with Gasteiger partial charge >= 0.3 is 0 Å². The lowest BCUT2D eigenvalue weighted by Gasteiger charge is -2.03. The Balaban J connectivity index is 2.73. The third kappa shape index (κ3) is 3.47. The van der Waals surface area contributed by atoms with Gasteiger partial charge in [0.05, 0.1) is 11.4 Å². The van der Waals surface area contributed by atoms with E-state index >= 15 is 0 Å². The monoisotopic (exact) mass is 232 g/mol. The maximum Gasteiger partial charge on any atom is 0.238 e. The summed E-state index contributed by atoms with van der Waals surface area (Å²) < 4.78 is 25.2. The molecule has 0 aliphatic carbocycles. The summed E-state index contributed by atoms with van der Waals surface area (Å²) in [5.41, 5.74) is 1.41. The van der Waals surface area contributed by atoms with Crippen LogP contribution in [0.15, 0.2) is 17.5 Å². The molecule has 0 aromatic carbocycles. The van der Waals surface area contributed by atoms with Gasteiger partial charge in [-0.25, -0.2) is 13.4 Å². The number of aromatic nitrogens is 1. The van der Waals surface area contributed by atoms with Crippen molar-refractivity contribution in [3.63, 3.8) is 0 Å². The number of hydrogen-bond donors (Lipinski definition) is 1. The molecule has 0 spiro atoms. The van der Waals surface area contributed by atoms with E-state index in [9.17, 15) is 8.42 Å². The van der Waals surface area contributed by atoms with Crippen LogP contribution in [0.3, 0.4) is 0 Å². The molecule has 0 aliphatic heterocycles. The van der Waals surface area contributed by atoms with Crippen molar-refractivity contribution in [2.24, 2.45) is 0 Å². The molecule has 1 heterocycles. The minimum Gasteiger partial charge on any atom is -0.258 e. The summed E-state index contributed by atoms with van der Waals surface area (Å²) >= 11 is 1.27. The molecule has 1 rings (SSSR count). The van der Waals surface area contributed by atoms with Gasteiger partial charge < -0.3 is 0 Å². The predicted octanol–water partition coefficient (Wildman–Crippen LogP) is 1.77. The van der Waals surface area contributed by atoms with Crippen LogP contribution in [0.25, 0.3) is 0 Å². The first-order valence-electron chi connectivity index (χ1n) is 3.96. The molecule has 0 saturated carbocycles. The number of aryl methyl sites for hydroxylation is 1. The highest BCUT2D eigenvalue weighted by atomic mass is 32.2. The van der Waals surface area contributed by atoms with Crippen LogP contribution in [-0.2, 0) is 10.0 Å². The summed E-state index contributed by atoms with van der Waals surface area (Å²) in [5, 5.41) is 2.20. The Hall–Kier alpha value is -0.880. The van der Waals surface area contributed by atoms with Crippen LogP contribution >= 0.6 is 11.3 Å². The standard InChI is InChI=1S/C8H12N2O2S2/c1-6(2)5-14(11,12)10-8-9-7(3)4-13-8/h4H,1,5H2,2-3H3,(H,9,10). The van der Waals surface area contributed by atoms with E-state index in [4.69, 9.17) is 0 Å². The van der Waals surface area contributed by atoms with Crippen molar-refractivity contribution < 1.29 is 8.42 Å². The Bertz CT molecular complexity index is 434. The minimum atomic E-state index is -3.32. The molecule has 1 N–H and O–H groups in total. The number of nitrogens with one attached hydrogen (secondary N) is 1. The molecule has 0 radical (unpaired) electrons. The maximum atomic E-state index is 11.4. The van der Waals surface area contributed by atoms with Crippen LogP contribution in [0.5, 0.6) is 0 Å². The smallest absolute Gasteiger partial charge is 0.238 e. The topological polar surface area (TPSA) is 59.1 Å². The van der Waals surface area contributed by atoms with Crippen molar-refractivity contribution in [3.05, 3.63) is 23.2 Å². The van der Waals surface area contributed by atoms with Crippen LogP contribution in [-0.4, -0.2) is 19.2 Å². The van der Waals surface area contributed by atoms with Crippen LogP contribution in [0.2, 0.25) is 0 Å². The molecule has 14 heavy (non-hydrogen) atoms. The van der Waals surface area contributed by atoms with Gasteiger partial charge in [0.2, 0.25) is 10.0 Å². The molecule has 4 nitrogen and oxygen atoms in total. The second kappa shape index (κ2) is 4.10. The Morgan fingerprint density at radius 3 is 2.79 bits per heavy atom. The molecular weight excluding hydrogens is 220 g/mol. The fourth-order valence-electron chi connectivity index (χ4n) is 0.894. The number of hydrogen-bond acceptors (Lipinski definition) is 4. The fraction of sp³-hybridized carbons (Fsp3) is 0.375. The SMILES string of the molecule is C=C(C)CS(=O)(=O)Nc1nc(C)cs1. The minimum absolute atomic E-state index is 0.0639. The quantitative estimate of drug-likeness (QED) is 0.805. The van der Waals surface area contributed by atoms with E-state index in [2.05, 4.69) is 16.3 Å². The van der Waals surface area contributed by atoms with Crippen LogP contribution in [0.4, 0.5) is 5.13 Å². The van der Waals surface area contributed by atoms with Crippen molar-refractivity contribution in [2.45, 2.75) is 13.8 Å². The molecule has 1 aromatic rings. The summed E-state index contributed by atoms with van der Waals surface area (Å²) in [5.74, 6) is -0.0639. The highest BCUT2D eigenvalue weighted by Crippen LogP contribution is 2.16. The van der Waals surface area contributed by atoms with Crippen LogP contribution in [0, 0.1) is 6.92 Å². The average Bonchev–Trinajstić information content (AvgIpc) is 2.30. The summed E-state index contributed by atoms with van der Waals surface area (Å²) in [7, 11) is -3.32. The number of nitrogens with zero attached hydrogens (tertiary/aromatic N) is 1. The molecule has 0 amide bonds. The van der Waals surface area contributed by atoms with E-state index in [1.54, 1.807) is 12.3 Å². The van der Waals surface area contributed by atoms with Gasteiger partial charge in [0.25, 0.3) is 0 Å². The zero-order valence-electron chi connectivity index (χ0n) is 8.07. The van der Waals surface area contributed by atoms with Crippen molar-refractivity contribution in [3.8, 4) is 0 Å². The third-order valence-electron chi connectivity index (χ3n) is 1.30. The lowest BCUT2D eigenvalue weighted by molar-refractivity contribution is 0.603. The largest absolute Gasteiger partial charge is 0.258 e. The van der Waals surface area contributed by atoms with E-state index in [-0.39, 0.29) is 5.75 Å². The van der Waals surface area contributed by atoms with Crippen LogP contribution in [0.1, 0.15) is 12.6 Å². The number of rotatable bonds is 4. The van der Waals surface area contributed by atoms with Gasteiger partial charge in [0.15, 0.2) is 5.13 Å². The molecule has 0 bridgehead atoms. The predicted molar refractivity (Wildman–Crippen MR) is 59.1 cm³/mol. The highest BCUT2D eigenvalue weighted by Gasteiger charge is 2.12. The molecule has 0 unspecified atom stereocenters. The van der Waals surface area contributed by atoms with E-state index in [0.29, 0.717) is 10.7 Å². The first-order valence-corrected chi connectivity index (χ1v) is 6.49. The van der Waals surface area contributed by atoms with Gasteiger partial charge in [-0.1, -0.05) is 12.2 Å². The number of sulfonamides is 1. The lowest BCUT2D eigenvalue weighted by atomic mass is 10.4. The van der Waals surface area contributed by atoms with Crippen molar-refractivity contribution in [1.29, 1.82) is 0 Å². The molecular formula is C8H12N2O2S2. The van der Waals surface area contributed by atoms with E-state index in [1.807, 2.05) is 6.92 Å². The third-order valence-corrected chi connectivity index (χ3v) is 3.68. The Morgan fingerprint density at radius 2 is 2.36 bits per heavy atom. The Morgan fingerprint density at radius 1 is 1.71 bits per heavy atom. The molecule has 6 heteroatoms. The fourth-order valence-corrected chi connectivity index (χ4v) is 3.03. The second-order valence-electron chi connectivity index (χ2n) is 3.11. The van der Waals surface area contributed by atoms with Gasteiger partial charge in [-0.2, -0.15) is 0 Å². The molecule has 0 aliphatic rings. The van der Waals surface area contributed by atoms with Crippen molar-refractivity contribution in [2.75, 3.05) is 10.5 Å². The van der Waals surface area contributed by atoms with Crippen molar-refractivity contribution >= 4 is 26.5 Å². The zero-order chi connectivity index (χ0) is 10.8. The molecule has 78 valence electrons. The Kier molecular flexibility index (Phi) is 3.28. The van der Waals surface area contributed by atoms with Gasteiger partial charge in [0, 0.05) is 5.38 Å². The molecule has 0 saturated heterocycles. The summed E-state index contributed by atoms with van der Waals surface area (Å²) in [4.78, 5) is 4.00. The first kappa shape index (κ1) is 11.2. The summed E-state index contributed by atoms with van der Waals surface area (Å²) in [6, 6.07) is 0. The van der Waals surface area contributed by atoms with E-state index < -0.39 is 10.0 Å². The van der Waals surface area contributed by atoms with Gasteiger partial charge in [-0.3, -0.25) is 4.72 Å². The van der Waals surface area contributed by atoms with Crippen LogP contribution < -0.4 is 4.72 Å². The number of anilines is 1. The van der Waals surface area contributed by atoms with Gasteiger partial charge in [-0.05, 0) is 13.8 Å². The lowest BCUT2D eigenvalue weighted by Crippen LogP contribution is -2.16. The van der Waals surface area contributed by atoms with Gasteiger partial charge in [0.1, 0.15) is 0 Å². The summed E-state index contributed by atoms with van der Waals surface area (Å²) in [6.07, 6.45) is 0. The van der Waals surface area contributed by atoms with E-state index in [1.165, 1.54) is 11.3 Å². The molecule has 0 atom stereocenters.